The molecule has 1 aliphatic heterocycles. The van der Waals surface area contributed by atoms with Crippen LogP contribution in [0.1, 0.15) is 49.7 Å². The van der Waals surface area contributed by atoms with Gasteiger partial charge in [-0.25, -0.2) is 0 Å². The van der Waals surface area contributed by atoms with E-state index in [0.29, 0.717) is 17.8 Å². The molecule has 4 heteroatoms. The monoisotopic (exact) mass is 360 g/mol. The molecule has 4 rings (SSSR count). The fourth-order valence-corrected chi connectivity index (χ4v) is 5.37. The summed E-state index contributed by atoms with van der Waals surface area (Å²) in [5.41, 5.74) is 2.78. The Hall–Kier alpha value is -1.10. The maximum Gasteiger partial charge on any atom is 0.157 e. The summed E-state index contributed by atoms with van der Waals surface area (Å²) < 4.78 is 17.1. The van der Waals surface area contributed by atoms with Crippen molar-refractivity contribution < 1.29 is 19.3 Å². The Morgan fingerprint density at radius 1 is 1.23 bits per heavy atom. The van der Waals surface area contributed by atoms with Gasteiger partial charge in [-0.15, -0.1) is 0 Å². The topological polar surface area (TPSA) is 47.9 Å². The Labute approximate surface area is 156 Å². The van der Waals surface area contributed by atoms with Crippen LogP contribution in [0.15, 0.2) is 18.2 Å². The maximum atomic E-state index is 10.7. The molecule has 144 valence electrons. The van der Waals surface area contributed by atoms with Gasteiger partial charge in [0.15, 0.2) is 6.29 Å². The van der Waals surface area contributed by atoms with Gasteiger partial charge in [0, 0.05) is 13.2 Å². The van der Waals surface area contributed by atoms with Crippen molar-refractivity contribution in [1.29, 1.82) is 0 Å². The molecular weight excluding hydrogens is 328 g/mol. The van der Waals surface area contributed by atoms with Gasteiger partial charge in [-0.1, -0.05) is 12.1 Å². The maximum absolute atomic E-state index is 10.7. The van der Waals surface area contributed by atoms with Crippen LogP contribution in [0.4, 0.5) is 0 Å². The van der Waals surface area contributed by atoms with Crippen LogP contribution in [-0.2, 0) is 22.3 Å². The van der Waals surface area contributed by atoms with Gasteiger partial charge in [0.1, 0.15) is 5.75 Å². The van der Waals surface area contributed by atoms with Crippen molar-refractivity contribution in [3.8, 4) is 5.75 Å². The van der Waals surface area contributed by atoms with Crippen molar-refractivity contribution in [2.75, 3.05) is 20.3 Å². The first-order chi connectivity index (χ1) is 12.8. The van der Waals surface area contributed by atoms with Crippen molar-refractivity contribution >= 4 is 0 Å². The Kier molecular flexibility index (Phi) is 5.82. The number of ether oxygens (including phenoxy) is 3. The van der Waals surface area contributed by atoms with Crippen LogP contribution >= 0.6 is 0 Å². The number of hydrogen-bond acceptors (Lipinski definition) is 4. The summed E-state index contributed by atoms with van der Waals surface area (Å²) >= 11 is 0. The highest BCUT2D eigenvalue weighted by Gasteiger charge is 2.44. The van der Waals surface area contributed by atoms with Gasteiger partial charge in [-0.2, -0.15) is 0 Å². The lowest BCUT2D eigenvalue weighted by Gasteiger charge is -2.32. The second-order valence-electron chi connectivity index (χ2n) is 8.21. The summed E-state index contributed by atoms with van der Waals surface area (Å²) in [6, 6.07) is 6.39. The van der Waals surface area contributed by atoms with Crippen molar-refractivity contribution in [3.05, 3.63) is 29.3 Å². The second-order valence-corrected chi connectivity index (χ2v) is 8.21. The van der Waals surface area contributed by atoms with Gasteiger partial charge in [0.05, 0.1) is 13.2 Å². The number of hydrogen-bond donors (Lipinski definition) is 1. The molecule has 1 heterocycles. The Balaban J connectivity index is 1.33. The first kappa shape index (κ1) is 18.3. The highest BCUT2D eigenvalue weighted by atomic mass is 16.7. The van der Waals surface area contributed by atoms with Crippen LogP contribution < -0.4 is 4.74 Å². The summed E-state index contributed by atoms with van der Waals surface area (Å²) in [5.74, 6) is 2.59. The molecule has 1 aromatic rings. The van der Waals surface area contributed by atoms with E-state index < -0.39 is 0 Å². The zero-order chi connectivity index (χ0) is 17.9. The Morgan fingerprint density at radius 3 is 2.96 bits per heavy atom. The second kappa shape index (κ2) is 8.28. The van der Waals surface area contributed by atoms with Crippen molar-refractivity contribution in [2.24, 2.45) is 17.8 Å². The minimum atomic E-state index is -0.170. The van der Waals surface area contributed by atoms with Crippen LogP contribution in [0, 0.1) is 17.8 Å². The fraction of sp³-hybridized carbons (Fsp3) is 0.727. The van der Waals surface area contributed by atoms with Crippen LogP contribution in [0.25, 0.3) is 0 Å². The summed E-state index contributed by atoms with van der Waals surface area (Å²) in [6.07, 6.45) is 8.33. The Bertz CT molecular complexity index is 596. The minimum absolute atomic E-state index is 0.000905. The summed E-state index contributed by atoms with van der Waals surface area (Å²) in [6.45, 7) is 1.58. The summed E-state index contributed by atoms with van der Waals surface area (Å²) in [4.78, 5) is 0. The van der Waals surface area contributed by atoms with E-state index in [1.807, 2.05) is 0 Å². The smallest absolute Gasteiger partial charge is 0.157 e. The molecule has 4 nitrogen and oxygen atoms in total. The molecule has 1 saturated heterocycles. The van der Waals surface area contributed by atoms with Gasteiger partial charge in [-0.3, -0.25) is 0 Å². The van der Waals surface area contributed by atoms with Crippen molar-refractivity contribution in [1.82, 2.24) is 0 Å². The molecule has 0 aromatic heterocycles. The van der Waals surface area contributed by atoms with Crippen LogP contribution in [-0.4, -0.2) is 37.8 Å². The van der Waals surface area contributed by atoms with Crippen LogP contribution in [0.5, 0.6) is 5.75 Å². The van der Waals surface area contributed by atoms with E-state index in [2.05, 4.69) is 18.2 Å². The molecule has 2 fully saturated rings. The SMILES string of the molecule is COc1cccc2c1CC1C[C@@H](O)[C@H](CCCOC3CCCCO3)[C@H]1C2. The predicted octanol–water partition coefficient (Wildman–Crippen LogP) is 3.73. The van der Waals surface area contributed by atoms with Gasteiger partial charge < -0.3 is 19.3 Å². The molecule has 0 radical (unpaired) electrons. The zero-order valence-electron chi connectivity index (χ0n) is 15.9. The van der Waals surface area contributed by atoms with Gasteiger partial charge in [0.2, 0.25) is 0 Å². The lowest BCUT2D eigenvalue weighted by atomic mass is 9.73. The molecule has 1 saturated carbocycles. The summed E-state index contributed by atoms with van der Waals surface area (Å²) in [7, 11) is 1.75. The fourth-order valence-electron chi connectivity index (χ4n) is 5.37. The molecule has 0 amide bonds. The number of benzene rings is 1. The third kappa shape index (κ3) is 3.78. The van der Waals surface area contributed by atoms with Crippen molar-refractivity contribution in [3.63, 3.8) is 0 Å². The van der Waals surface area contributed by atoms with E-state index in [0.717, 1.165) is 63.9 Å². The predicted molar refractivity (Wildman–Crippen MR) is 100 cm³/mol. The average Bonchev–Trinajstić information content (AvgIpc) is 2.98. The van der Waals surface area contributed by atoms with Crippen molar-refractivity contribution in [2.45, 2.75) is 63.8 Å². The van der Waals surface area contributed by atoms with Gasteiger partial charge in [-0.05, 0) is 86.3 Å². The zero-order valence-corrected chi connectivity index (χ0v) is 15.9. The van der Waals surface area contributed by atoms with E-state index in [9.17, 15) is 5.11 Å². The first-order valence-electron chi connectivity index (χ1n) is 10.3. The standard InChI is InChI=1S/C22H32O4/c1-24-21-8-4-6-15-12-18-16(13-19(15)21)14-20(23)17(18)7-5-11-26-22-9-2-3-10-25-22/h4,6,8,16-18,20,22-23H,2-3,5,7,9-14H2,1H3/t16?,17-,18+,20-,22?/m1/s1. The van der Waals surface area contributed by atoms with Gasteiger partial charge >= 0.3 is 0 Å². The highest BCUT2D eigenvalue weighted by Crippen LogP contribution is 2.48. The third-order valence-electron chi connectivity index (χ3n) is 6.69. The number of aliphatic hydroxyl groups is 1. The molecule has 1 aromatic carbocycles. The van der Waals surface area contributed by atoms with E-state index in [-0.39, 0.29) is 12.4 Å². The lowest BCUT2D eigenvalue weighted by molar-refractivity contribution is -0.163. The highest BCUT2D eigenvalue weighted by molar-refractivity contribution is 5.43. The first-order valence-corrected chi connectivity index (χ1v) is 10.3. The molecule has 2 aliphatic carbocycles. The van der Waals surface area contributed by atoms with Crippen LogP contribution in [0.2, 0.25) is 0 Å². The minimum Gasteiger partial charge on any atom is -0.496 e. The van der Waals surface area contributed by atoms with E-state index in [1.165, 1.54) is 17.5 Å². The molecule has 0 spiro atoms. The normalized spacial score (nSPS) is 33.5. The molecule has 3 aliphatic rings. The molecule has 1 N–H and O–H groups in total. The molecular formula is C22H32O4. The van der Waals surface area contributed by atoms with Crippen LogP contribution in [0.3, 0.4) is 0 Å². The number of methoxy groups -OCH3 is 1. The molecule has 2 unspecified atom stereocenters. The van der Waals surface area contributed by atoms with E-state index in [4.69, 9.17) is 14.2 Å². The lowest BCUT2D eigenvalue weighted by Crippen LogP contribution is -2.28. The Morgan fingerprint density at radius 2 is 2.15 bits per heavy atom. The number of rotatable bonds is 6. The molecule has 5 atom stereocenters. The van der Waals surface area contributed by atoms with E-state index >= 15 is 0 Å². The molecule has 0 bridgehead atoms. The third-order valence-corrected chi connectivity index (χ3v) is 6.69. The average molecular weight is 360 g/mol. The quantitative estimate of drug-likeness (QED) is 0.785. The van der Waals surface area contributed by atoms with Gasteiger partial charge in [0.25, 0.3) is 0 Å². The van der Waals surface area contributed by atoms with E-state index in [1.54, 1.807) is 7.11 Å². The number of fused-ring (bicyclic) bond motifs is 2. The number of aliphatic hydroxyl groups excluding tert-OH is 1. The molecule has 26 heavy (non-hydrogen) atoms. The largest absolute Gasteiger partial charge is 0.496 e. The summed E-state index contributed by atoms with van der Waals surface area (Å²) in [5, 5.41) is 10.7.